The molecular weight excluding hydrogens is 217 g/mol. The van der Waals surface area contributed by atoms with Gasteiger partial charge in [-0.3, -0.25) is 0 Å². The summed E-state index contributed by atoms with van der Waals surface area (Å²) < 4.78 is 36.4. The van der Waals surface area contributed by atoms with Gasteiger partial charge in [0.2, 0.25) is 15.8 Å². The van der Waals surface area contributed by atoms with Crippen LogP contribution in [-0.4, -0.2) is 13.4 Å². The second kappa shape index (κ2) is 3.20. The highest BCUT2D eigenvalue weighted by Gasteiger charge is 2.21. The molecule has 0 radical (unpaired) electrons. The molecule has 0 aliphatic rings. The molecule has 0 aliphatic carbocycles. The number of nitrogens with one attached hydrogen (secondary N) is 1. The van der Waals surface area contributed by atoms with Crippen LogP contribution in [0.1, 0.15) is 0 Å². The van der Waals surface area contributed by atoms with Crippen LogP contribution in [0, 0.1) is 5.95 Å². The molecule has 3 nitrogen and oxygen atoms in total. The van der Waals surface area contributed by atoms with Crippen molar-refractivity contribution in [3.8, 4) is 0 Å². The molecular formula is C10H8FNO2S. The minimum Gasteiger partial charge on any atom is -0.330 e. The van der Waals surface area contributed by atoms with Crippen molar-refractivity contribution in [1.29, 1.82) is 0 Å². The lowest BCUT2D eigenvalue weighted by Gasteiger charge is -1.95. The second-order valence-electron chi connectivity index (χ2n) is 3.03. The van der Waals surface area contributed by atoms with Crippen LogP contribution in [0.2, 0.25) is 0 Å². The highest BCUT2D eigenvalue weighted by atomic mass is 32.2. The van der Waals surface area contributed by atoms with Crippen molar-refractivity contribution in [3.63, 3.8) is 0 Å². The van der Waals surface area contributed by atoms with Crippen LogP contribution in [-0.2, 0) is 9.84 Å². The number of hydrogen-bond acceptors (Lipinski definition) is 2. The fraction of sp³-hybridized carbons (Fsp3) is 0. The van der Waals surface area contributed by atoms with Gasteiger partial charge in [0.1, 0.15) is 4.90 Å². The summed E-state index contributed by atoms with van der Waals surface area (Å²) in [6, 6.07) is 6.51. The maximum Gasteiger partial charge on any atom is 0.211 e. The van der Waals surface area contributed by atoms with E-state index in [1.165, 1.54) is 0 Å². The van der Waals surface area contributed by atoms with Crippen LogP contribution in [0.5, 0.6) is 0 Å². The number of para-hydroxylation sites is 1. The van der Waals surface area contributed by atoms with Gasteiger partial charge in [-0.1, -0.05) is 24.8 Å². The first-order chi connectivity index (χ1) is 7.06. The summed E-state index contributed by atoms with van der Waals surface area (Å²) in [6.45, 7) is 3.17. The van der Waals surface area contributed by atoms with Crippen LogP contribution in [0.15, 0.2) is 41.1 Å². The molecule has 1 aromatic heterocycles. The lowest BCUT2D eigenvalue weighted by Crippen LogP contribution is -1.97. The van der Waals surface area contributed by atoms with Gasteiger partial charge in [0.05, 0.1) is 0 Å². The van der Waals surface area contributed by atoms with E-state index in [4.69, 9.17) is 0 Å². The molecule has 5 heteroatoms. The number of H-pyrrole nitrogens is 1. The molecule has 0 bridgehead atoms. The Morgan fingerprint density at radius 1 is 1.33 bits per heavy atom. The summed E-state index contributed by atoms with van der Waals surface area (Å²) >= 11 is 0. The van der Waals surface area contributed by atoms with Crippen LogP contribution in [0.4, 0.5) is 4.39 Å². The molecule has 0 aliphatic heterocycles. The number of benzene rings is 1. The third kappa shape index (κ3) is 1.45. The van der Waals surface area contributed by atoms with Crippen molar-refractivity contribution in [2.45, 2.75) is 4.90 Å². The fourth-order valence-corrected chi connectivity index (χ4v) is 2.40. The number of fused-ring (bicyclic) bond motifs is 1. The van der Waals surface area contributed by atoms with Gasteiger partial charge in [-0.25, -0.2) is 8.42 Å². The van der Waals surface area contributed by atoms with E-state index in [-0.39, 0.29) is 4.90 Å². The molecule has 0 spiro atoms. The van der Waals surface area contributed by atoms with E-state index in [0.717, 1.165) is 5.41 Å². The Balaban J connectivity index is 2.92. The summed E-state index contributed by atoms with van der Waals surface area (Å²) in [5.74, 6) is -0.851. The number of aromatic nitrogens is 1. The summed E-state index contributed by atoms with van der Waals surface area (Å²) in [7, 11) is -3.75. The van der Waals surface area contributed by atoms with E-state index in [0.29, 0.717) is 10.9 Å². The predicted molar refractivity (Wildman–Crippen MR) is 55.6 cm³/mol. The third-order valence-electron chi connectivity index (χ3n) is 2.12. The molecule has 2 rings (SSSR count). The van der Waals surface area contributed by atoms with E-state index < -0.39 is 15.8 Å². The summed E-state index contributed by atoms with van der Waals surface area (Å²) in [4.78, 5) is 2.03. The zero-order chi connectivity index (χ0) is 11.1. The van der Waals surface area contributed by atoms with Gasteiger partial charge < -0.3 is 4.98 Å². The van der Waals surface area contributed by atoms with Crippen molar-refractivity contribution < 1.29 is 12.8 Å². The van der Waals surface area contributed by atoms with Gasteiger partial charge in [-0.2, -0.15) is 4.39 Å². The molecule has 0 saturated carbocycles. The fourth-order valence-electron chi connectivity index (χ4n) is 1.44. The number of hydrogen-bond donors (Lipinski definition) is 1. The van der Waals surface area contributed by atoms with Crippen molar-refractivity contribution in [1.82, 2.24) is 4.98 Å². The Bertz CT molecular complexity index is 628. The molecule has 0 amide bonds. The summed E-state index contributed by atoms with van der Waals surface area (Å²) in [5.41, 5.74) is 0.454. The van der Waals surface area contributed by atoms with Crippen LogP contribution >= 0.6 is 0 Å². The summed E-state index contributed by atoms with van der Waals surface area (Å²) in [5, 5.41) is 1.08. The molecule has 15 heavy (non-hydrogen) atoms. The lowest BCUT2D eigenvalue weighted by molar-refractivity contribution is 0.555. The Kier molecular flexibility index (Phi) is 2.12. The zero-order valence-corrected chi connectivity index (χ0v) is 8.51. The van der Waals surface area contributed by atoms with Gasteiger partial charge >= 0.3 is 0 Å². The SMILES string of the molecule is C=CS(=O)(=O)c1c(F)[nH]c2ccccc12. The number of aromatic amines is 1. The quantitative estimate of drug-likeness (QED) is 0.852. The van der Waals surface area contributed by atoms with E-state index in [9.17, 15) is 12.8 Å². The Hall–Kier alpha value is -1.62. The van der Waals surface area contributed by atoms with E-state index in [1.807, 2.05) is 0 Å². The molecule has 2 aromatic rings. The van der Waals surface area contributed by atoms with Gasteiger partial charge in [0, 0.05) is 16.3 Å². The maximum atomic E-state index is 13.4. The smallest absolute Gasteiger partial charge is 0.211 e. The van der Waals surface area contributed by atoms with E-state index >= 15 is 0 Å². The minimum atomic E-state index is -3.75. The molecule has 0 unspecified atom stereocenters. The highest BCUT2D eigenvalue weighted by molar-refractivity contribution is 7.94. The van der Waals surface area contributed by atoms with Crippen molar-refractivity contribution in [3.05, 3.63) is 42.2 Å². The Morgan fingerprint density at radius 2 is 2.00 bits per heavy atom. The van der Waals surface area contributed by atoms with Gasteiger partial charge in [0.25, 0.3) is 0 Å². The van der Waals surface area contributed by atoms with Gasteiger partial charge in [-0.15, -0.1) is 0 Å². The number of sulfone groups is 1. The second-order valence-corrected chi connectivity index (χ2v) is 4.86. The number of halogens is 1. The lowest BCUT2D eigenvalue weighted by atomic mass is 10.2. The zero-order valence-electron chi connectivity index (χ0n) is 7.70. The van der Waals surface area contributed by atoms with Gasteiger partial charge in [-0.05, 0) is 6.07 Å². The molecule has 0 atom stereocenters. The first kappa shape index (κ1) is 9.92. The topological polar surface area (TPSA) is 49.9 Å². The molecule has 0 saturated heterocycles. The van der Waals surface area contributed by atoms with Crippen molar-refractivity contribution >= 4 is 20.7 Å². The van der Waals surface area contributed by atoms with Crippen LogP contribution in [0.3, 0.4) is 0 Å². The standard InChI is InChI=1S/C10H8FNO2S/c1-2-15(13,14)9-7-5-3-4-6-8(7)12-10(9)11/h2-6,12H,1H2. The first-order valence-electron chi connectivity index (χ1n) is 4.20. The highest BCUT2D eigenvalue weighted by Crippen LogP contribution is 2.26. The van der Waals surface area contributed by atoms with E-state index in [2.05, 4.69) is 11.6 Å². The Morgan fingerprint density at radius 3 is 2.67 bits per heavy atom. The molecule has 1 heterocycles. The monoisotopic (exact) mass is 225 g/mol. The number of rotatable bonds is 2. The average Bonchev–Trinajstić information content (AvgIpc) is 2.54. The van der Waals surface area contributed by atoms with Crippen LogP contribution < -0.4 is 0 Å². The largest absolute Gasteiger partial charge is 0.330 e. The molecule has 1 aromatic carbocycles. The first-order valence-corrected chi connectivity index (χ1v) is 5.74. The Labute approximate surface area is 86.2 Å². The van der Waals surface area contributed by atoms with Crippen molar-refractivity contribution in [2.75, 3.05) is 0 Å². The normalized spacial score (nSPS) is 11.8. The predicted octanol–water partition coefficient (Wildman–Crippen LogP) is 2.22. The molecule has 0 fully saturated rings. The minimum absolute atomic E-state index is 0.340. The third-order valence-corrected chi connectivity index (χ3v) is 3.53. The molecule has 1 N–H and O–H groups in total. The average molecular weight is 225 g/mol. The summed E-state index contributed by atoms with van der Waals surface area (Å²) in [6.07, 6.45) is 0. The van der Waals surface area contributed by atoms with Gasteiger partial charge in [0.15, 0.2) is 0 Å². The maximum absolute atomic E-state index is 13.4. The molecule has 78 valence electrons. The van der Waals surface area contributed by atoms with Crippen molar-refractivity contribution in [2.24, 2.45) is 0 Å². The van der Waals surface area contributed by atoms with Crippen LogP contribution in [0.25, 0.3) is 10.9 Å². The van der Waals surface area contributed by atoms with E-state index in [1.54, 1.807) is 24.3 Å².